The lowest BCUT2D eigenvalue weighted by Gasteiger charge is -2.29. The lowest BCUT2D eigenvalue weighted by Crippen LogP contribution is -2.40. The van der Waals surface area contributed by atoms with Crippen LogP contribution in [-0.2, 0) is 4.79 Å². The molecule has 1 saturated heterocycles. The van der Waals surface area contributed by atoms with Crippen LogP contribution in [0.3, 0.4) is 0 Å². The predicted octanol–water partition coefficient (Wildman–Crippen LogP) is 4.61. The maximum absolute atomic E-state index is 13.4. The summed E-state index contributed by atoms with van der Waals surface area (Å²) >= 11 is 1.67. The predicted molar refractivity (Wildman–Crippen MR) is 128 cm³/mol. The van der Waals surface area contributed by atoms with Crippen LogP contribution in [0.2, 0.25) is 0 Å². The van der Waals surface area contributed by atoms with E-state index in [0.29, 0.717) is 13.0 Å². The zero-order valence-corrected chi connectivity index (χ0v) is 19.6. The Hall–Kier alpha value is -1.96. The van der Waals surface area contributed by atoms with Crippen molar-refractivity contribution >= 4 is 23.0 Å². The molecule has 5 rings (SSSR count). The molecule has 0 spiro atoms. The first-order valence-corrected chi connectivity index (χ1v) is 13.1. The number of nitrogens with zero attached hydrogens (tertiary/aromatic N) is 4. The van der Waals surface area contributed by atoms with Gasteiger partial charge in [0, 0.05) is 26.1 Å². The number of hydrogen-bond donors (Lipinski definition) is 0. The Morgan fingerprint density at radius 2 is 1.88 bits per heavy atom. The molecule has 0 bridgehead atoms. The van der Waals surface area contributed by atoms with E-state index in [2.05, 4.69) is 21.2 Å². The minimum atomic E-state index is -0.149. The van der Waals surface area contributed by atoms with E-state index in [9.17, 15) is 4.79 Å². The van der Waals surface area contributed by atoms with Crippen molar-refractivity contribution in [2.45, 2.75) is 51.0 Å². The van der Waals surface area contributed by atoms with E-state index in [1.54, 1.807) is 22.6 Å². The van der Waals surface area contributed by atoms with Gasteiger partial charge in [0.25, 0.3) is 5.91 Å². The first kappa shape index (κ1) is 21.9. The second-order valence-electron chi connectivity index (χ2n) is 9.43. The van der Waals surface area contributed by atoms with Gasteiger partial charge in [-0.3, -0.25) is 9.69 Å². The smallest absolute Gasteiger partial charge is 0.257 e. The third kappa shape index (κ3) is 5.16. The van der Waals surface area contributed by atoms with E-state index in [1.165, 1.54) is 38.6 Å². The summed E-state index contributed by atoms with van der Waals surface area (Å²) in [6.45, 7) is 5.82. The molecule has 1 unspecified atom stereocenters. The molecule has 0 N–H and O–H groups in total. The molecule has 2 aromatic heterocycles. The SMILES string of the molecule is O=C(CN1CCCN(CC2CCCCC2)CC1)N1N=C(c2cccs2)CC1c1ccco1. The summed E-state index contributed by atoms with van der Waals surface area (Å²) in [5.41, 5.74) is 0.976. The van der Waals surface area contributed by atoms with Crippen LogP contribution in [-0.4, -0.2) is 65.7 Å². The van der Waals surface area contributed by atoms with E-state index in [1.807, 2.05) is 18.2 Å². The maximum atomic E-state index is 13.4. The number of carbonyl (C=O) groups excluding carboxylic acids is 1. The minimum Gasteiger partial charge on any atom is -0.467 e. The molecule has 3 aliphatic rings. The highest BCUT2D eigenvalue weighted by atomic mass is 32.1. The van der Waals surface area contributed by atoms with Crippen LogP contribution in [0.15, 0.2) is 45.4 Å². The second-order valence-corrected chi connectivity index (χ2v) is 10.4. The molecule has 0 aromatic carbocycles. The molecule has 2 aromatic rings. The van der Waals surface area contributed by atoms with Gasteiger partial charge in [-0.1, -0.05) is 25.3 Å². The summed E-state index contributed by atoms with van der Waals surface area (Å²) in [7, 11) is 0. The number of amides is 1. The van der Waals surface area contributed by atoms with Crippen molar-refractivity contribution in [1.29, 1.82) is 0 Å². The average molecular weight is 455 g/mol. The van der Waals surface area contributed by atoms with Gasteiger partial charge in [0.1, 0.15) is 11.8 Å². The highest BCUT2D eigenvalue weighted by Crippen LogP contribution is 2.34. The Balaban J connectivity index is 1.21. The highest BCUT2D eigenvalue weighted by Gasteiger charge is 2.35. The molecular weight excluding hydrogens is 420 g/mol. The number of furan rings is 1. The standard InChI is InChI=1S/C25H34N4O2S/c30-25(19-28-12-6-11-27(13-14-28)18-20-7-2-1-3-8-20)29-22(23-9-4-15-31-23)17-21(26-29)24-10-5-16-32-24/h4-5,9-10,15-16,20,22H,1-3,6-8,11-14,17-19H2. The Bertz CT molecular complexity index is 889. The summed E-state index contributed by atoms with van der Waals surface area (Å²) in [5.74, 6) is 1.75. The number of rotatable bonds is 6. The van der Waals surface area contributed by atoms with Crippen LogP contribution >= 0.6 is 11.3 Å². The fraction of sp³-hybridized carbons (Fsp3) is 0.600. The van der Waals surface area contributed by atoms with Crippen LogP contribution in [0, 0.1) is 5.92 Å². The lowest BCUT2D eigenvalue weighted by atomic mass is 9.89. The minimum absolute atomic E-state index is 0.0682. The summed E-state index contributed by atoms with van der Waals surface area (Å²) in [4.78, 5) is 19.5. The van der Waals surface area contributed by atoms with Crippen LogP contribution in [0.25, 0.3) is 0 Å². The van der Waals surface area contributed by atoms with Crippen LogP contribution in [0.5, 0.6) is 0 Å². The second kappa shape index (κ2) is 10.3. The van der Waals surface area contributed by atoms with Gasteiger partial charge in [-0.05, 0) is 61.8 Å². The van der Waals surface area contributed by atoms with Crippen LogP contribution < -0.4 is 0 Å². The van der Waals surface area contributed by atoms with E-state index < -0.39 is 0 Å². The fourth-order valence-electron chi connectivity index (χ4n) is 5.40. The Labute approximate surface area is 194 Å². The summed E-state index contributed by atoms with van der Waals surface area (Å²) in [6, 6.07) is 7.80. The summed E-state index contributed by atoms with van der Waals surface area (Å²) in [6.07, 6.45) is 10.5. The van der Waals surface area contributed by atoms with Crippen molar-refractivity contribution in [3.63, 3.8) is 0 Å². The van der Waals surface area contributed by atoms with E-state index in [4.69, 9.17) is 9.52 Å². The molecule has 1 aliphatic carbocycles. The fourth-order valence-corrected chi connectivity index (χ4v) is 6.12. The Morgan fingerprint density at radius 1 is 1.03 bits per heavy atom. The summed E-state index contributed by atoms with van der Waals surface area (Å²) < 4.78 is 5.68. The van der Waals surface area contributed by atoms with Crippen molar-refractivity contribution in [3.05, 3.63) is 46.5 Å². The van der Waals surface area contributed by atoms with Gasteiger partial charge in [-0.15, -0.1) is 11.3 Å². The molecule has 1 saturated carbocycles. The van der Waals surface area contributed by atoms with Gasteiger partial charge in [0.15, 0.2) is 0 Å². The van der Waals surface area contributed by atoms with Gasteiger partial charge in [-0.2, -0.15) is 5.10 Å². The quantitative estimate of drug-likeness (QED) is 0.640. The van der Waals surface area contributed by atoms with Crippen molar-refractivity contribution in [2.75, 3.05) is 39.3 Å². The summed E-state index contributed by atoms with van der Waals surface area (Å²) in [5, 5.41) is 8.50. The molecule has 172 valence electrons. The lowest BCUT2D eigenvalue weighted by molar-refractivity contribution is -0.134. The van der Waals surface area contributed by atoms with Crippen LogP contribution in [0.1, 0.15) is 61.6 Å². The van der Waals surface area contributed by atoms with Gasteiger partial charge in [0.2, 0.25) is 0 Å². The Morgan fingerprint density at radius 3 is 2.66 bits per heavy atom. The molecule has 6 nitrogen and oxygen atoms in total. The average Bonchev–Trinajstić information content (AvgIpc) is 3.56. The maximum Gasteiger partial charge on any atom is 0.257 e. The van der Waals surface area contributed by atoms with Crippen molar-refractivity contribution in [3.8, 4) is 0 Å². The number of carbonyl (C=O) groups is 1. The van der Waals surface area contributed by atoms with Gasteiger partial charge in [0.05, 0.1) is 23.4 Å². The Kier molecular flexibility index (Phi) is 7.05. The molecule has 1 amide bonds. The van der Waals surface area contributed by atoms with Gasteiger partial charge in [-0.25, -0.2) is 5.01 Å². The zero-order valence-electron chi connectivity index (χ0n) is 18.8. The molecule has 0 radical (unpaired) electrons. The first-order valence-electron chi connectivity index (χ1n) is 12.2. The van der Waals surface area contributed by atoms with Gasteiger partial charge >= 0.3 is 0 Å². The molecular formula is C25H34N4O2S. The molecule has 4 heterocycles. The van der Waals surface area contributed by atoms with Crippen LogP contribution in [0.4, 0.5) is 0 Å². The number of hydrogen-bond acceptors (Lipinski definition) is 6. The molecule has 7 heteroatoms. The van der Waals surface area contributed by atoms with Gasteiger partial charge < -0.3 is 9.32 Å². The first-order chi connectivity index (χ1) is 15.8. The third-order valence-electron chi connectivity index (χ3n) is 7.12. The van der Waals surface area contributed by atoms with Crippen molar-refractivity contribution in [1.82, 2.24) is 14.8 Å². The van der Waals surface area contributed by atoms with Crippen molar-refractivity contribution < 1.29 is 9.21 Å². The monoisotopic (exact) mass is 454 g/mol. The van der Waals surface area contributed by atoms with E-state index in [-0.39, 0.29) is 11.9 Å². The van der Waals surface area contributed by atoms with E-state index in [0.717, 1.165) is 54.9 Å². The zero-order chi connectivity index (χ0) is 21.8. The highest BCUT2D eigenvalue weighted by molar-refractivity contribution is 7.12. The third-order valence-corrected chi connectivity index (χ3v) is 8.04. The topological polar surface area (TPSA) is 52.3 Å². The number of hydrazone groups is 1. The normalized spacial score (nSPS) is 23.9. The van der Waals surface area contributed by atoms with Crippen molar-refractivity contribution in [2.24, 2.45) is 11.0 Å². The van der Waals surface area contributed by atoms with E-state index >= 15 is 0 Å². The molecule has 32 heavy (non-hydrogen) atoms. The molecule has 2 aliphatic heterocycles. The largest absolute Gasteiger partial charge is 0.467 e. The molecule has 1 atom stereocenters. The number of thiophene rings is 1. The molecule has 2 fully saturated rings.